The highest BCUT2D eigenvalue weighted by Crippen LogP contribution is 2.26. The lowest BCUT2D eigenvalue weighted by molar-refractivity contribution is 0.242. The van der Waals surface area contributed by atoms with Gasteiger partial charge in [-0.25, -0.2) is 0 Å². The summed E-state index contributed by atoms with van der Waals surface area (Å²) in [5, 5.41) is 7.04. The number of nitrogens with zero attached hydrogens (tertiary/aromatic N) is 2. The average Bonchev–Trinajstić information content (AvgIpc) is 3.14. The lowest BCUT2D eigenvalue weighted by Gasteiger charge is -2.24. The third-order valence-electron chi connectivity index (χ3n) is 4.78. The molecular formula is C17H35IN4. The largest absolute Gasteiger partial charge is 0.357 e. The van der Waals surface area contributed by atoms with Gasteiger partial charge in [0.2, 0.25) is 0 Å². The lowest BCUT2D eigenvalue weighted by Crippen LogP contribution is -2.45. The second-order valence-electron chi connectivity index (χ2n) is 6.53. The fourth-order valence-electron chi connectivity index (χ4n) is 3.57. The molecule has 0 aromatic heterocycles. The van der Waals surface area contributed by atoms with E-state index in [9.17, 15) is 0 Å². The Hall–Kier alpha value is -0.0400. The molecule has 2 rings (SSSR count). The molecule has 0 amide bonds. The van der Waals surface area contributed by atoms with Gasteiger partial charge in [0.15, 0.2) is 5.96 Å². The number of hydrogen-bond donors (Lipinski definition) is 2. The van der Waals surface area contributed by atoms with E-state index < -0.39 is 0 Å². The standard InChI is InChI=1S/C17H34N4.HI/c1-3-5-8-12-19-17(18-4-2)20-15-11-13-21(14-15)16-9-6-7-10-16;/h15-16H,3-14H2,1-2H3,(H2,18,19,20);1H. The Morgan fingerprint density at radius 3 is 2.59 bits per heavy atom. The second-order valence-corrected chi connectivity index (χ2v) is 6.53. The number of guanidine groups is 1. The first-order valence-corrected chi connectivity index (χ1v) is 9.12. The van der Waals surface area contributed by atoms with Crippen molar-refractivity contribution >= 4 is 29.9 Å². The first-order valence-electron chi connectivity index (χ1n) is 9.12. The highest BCUT2D eigenvalue weighted by atomic mass is 127. The van der Waals surface area contributed by atoms with Gasteiger partial charge in [-0.2, -0.15) is 0 Å². The van der Waals surface area contributed by atoms with Crippen LogP contribution in [0.2, 0.25) is 0 Å². The molecule has 1 saturated carbocycles. The quantitative estimate of drug-likeness (QED) is 0.286. The van der Waals surface area contributed by atoms with E-state index in [4.69, 9.17) is 4.99 Å². The normalized spacial score (nSPS) is 23.5. The number of likely N-dealkylation sites (tertiary alicyclic amines) is 1. The average molecular weight is 422 g/mol. The molecular weight excluding hydrogens is 387 g/mol. The van der Waals surface area contributed by atoms with Crippen molar-refractivity contribution in [3.8, 4) is 0 Å². The summed E-state index contributed by atoms with van der Waals surface area (Å²) in [6.45, 7) is 8.73. The van der Waals surface area contributed by atoms with E-state index >= 15 is 0 Å². The van der Waals surface area contributed by atoms with Crippen molar-refractivity contribution in [1.29, 1.82) is 0 Å². The van der Waals surface area contributed by atoms with Crippen molar-refractivity contribution in [3.05, 3.63) is 0 Å². The molecule has 22 heavy (non-hydrogen) atoms. The zero-order chi connectivity index (χ0) is 14.9. The molecule has 1 atom stereocenters. The summed E-state index contributed by atoms with van der Waals surface area (Å²) in [5.41, 5.74) is 0. The van der Waals surface area contributed by atoms with Crippen LogP contribution >= 0.6 is 24.0 Å². The summed E-state index contributed by atoms with van der Waals surface area (Å²) in [4.78, 5) is 7.41. The van der Waals surface area contributed by atoms with E-state index in [-0.39, 0.29) is 24.0 Å². The van der Waals surface area contributed by atoms with Gasteiger partial charge in [0.25, 0.3) is 0 Å². The number of nitrogens with one attached hydrogen (secondary N) is 2. The van der Waals surface area contributed by atoms with Gasteiger partial charge in [-0.05, 0) is 32.6 Å². The molecule has 2 aliphatic rings. The van der Waals surface area contributed by atoms with Crippen LogP contribution in [0.5, 0.6) is 0 Å². The molecule has 4 nitrogen and oxygen atoms in total. The van der Waals surface area contributed by atoms with E-state index in [0.29, 0.717) is 6.04 Å². The van der Waals surface area contributed by atoms with Gasteiger partial charge in [-0.3, -0.25) is 9.89 Å². The van der Waals surface area contributed by atoms with E-state index in [1.54, 1.807) is 0 Å². The smallest absolute Gasteiger partial charge is 0.191 e. The highest BCUT2D eigenvalue weighted by Gasteiger charge is 2.30. The zero-order valence-electron chi connectivity index (χ0n) is 14.4. The van der Waals surface area contributed by atoms with Crippen molar-refractivity contribution in [1.82, 2.24) is 15.5 Å². The van der Waals surface area contributed by atoms with Crippen LogP contribution in [-0.2, 0) is 0 Å². The molecule has 0 spiro atoms. The van der Waals surface area contributed by atoms with Crippen molar-refractivity contribution in [2.45, 2.75) is 77.3 Å². The number of rotatable bonds is 7. The number of hydrogen-bond acceptors (Lipinski definition) is 2. The molecule has 130 valence electrons. The summed E-state index contributed by atoms with van der Waals surface area (Å²) in [5.74, 6) is 1.02. The number of aliphatic imine (C=N–C) groups is 1. The molecule has 0 radical (unpaired) electrons. The third kappa shape index (κ3) is 6.60. The Morgan fingerprint density at radius 2 is 1.91 bits per heavy atom. The van der Waals surface area contributed by atoms with E-state index in [1.807, 2.05) is 0 Å². The van der Waals surface area contributed by atoms with E-state index in [1.165, 1.54) is 64.5 Å². The van der Waals surface area contributed by atoms with Crippen LogP contribution in [0.1, 0.15) is 65.2 Å². The van der Waals surface area contributed by atoms with Gasteiger partial charge in [0, 0.05) is 38.3 Å². The van der Waals surface area contributed by atoms with Gasteiger partial charge < -0.3 is 10.6 Å². The Bertz CT molecular complexity index is 316. The molecule has 2 N–H and O–H groups in total. The summed E-state index contributed by atoms with van der Waals surface area (Å²) >= 11 is 0. The van der Waals surface area contributed by atoms with Gasteiger partial charge in [-0.1, -0.05) is 32.6 Å². The molecule has 1 aliphatic carbocycles. The van der Waals surface area contributed by atoms with Crippen LogP contribution in [0.3, 0.4) is 0 Å². The summed E-state index contributed by atoms with van der Waals surface area (Å²) in [6, 6.07) is 1.44. The fourth-order valence-corrected chi connectivity index (χ4v) is 3.57. The van der Waals surface area contributed by atoms with Crippen LogP contribution < -0.4 is 10.6 Å². The maximum absolute atomic E-state index is 4.71. The highest BCUT2D eigenvalue weighted by molar-refractivity contribution is 14.0. The summed E-state index contributed by atoms with van der Waals surface area (Å²) in [7, 11) is 0. The molecule has 2 fully saturated rings. The van der Waals surface area contributed by atoms with Crippen LogP contribution in [0, 0.1) is 0 Å². The Labute approximate surface area is 153 Å². The molecule has 1 aliphatic heterocycles. The van der Waals surface area contributed by atoms with E-state index in [2.05, 4.69) is 29.4 Å². The SMILES string of the molecule is CCCCCN=C(NCC)NC1CCN(C2CCCC2)C1.I. The first kappa shape index (κ1) is 20.0. The molecule has 0 aromatic carbocycles. The van der Waals surface area contributed by atoms with Crippen LogP contribution in [0.15, 0.2) is 4.99 Å². The molecule has 1 heterocycles. The van der Waals surface area contributed by atoms with Crippen LogP contribution in [-0.4, -0.2) is 49.1 Å². The molecule has 1 unspecified atom stereocenters. The number of halogens is 1. The molecule has 0 bridgehead atoms. The third-order valence-corrected chi connectivity index (χ3v) is 4.78. The van der Waals surface area contributed by atoms with Crippen molar-refractivity contribution in [3.63, 3.8) is 0 Å². The first-order chi connectivity index (χ1) is 10.3. The predicted octanol–water partition coefficient (Wildman–Crippen LogP) is 3.37. The predicted molar refractivity (Wildman–Crippen MR) is 106 cm³/mol. The van der Waals surface area contributed by atoms with Gasteiger partial charge in [0.1, 0.15) is 0 Å². The van der Waals surface area contributed by atoms with Crippen molar-refractivity contribution in [2.75, 3.05) is 26.2 Å². The molecule has 0 aromatic rings. The lowest BCUT2D eigenvalue weighted by atomic mass is 10.2. The van der Waals surface area contributed by atoms with Crippen molar-refractivity contribution in [2.24, 2.45) is 4.99 Å². The zero-order valence-corrected chi connectivity index (χ0v) is 16.8. The maximum Gasteiger partial charge on any atom is 0.191 e. The van der Waals surface area contributed by atoms with Gasteiger partial charge >= 0.3 is 0 Å². The summed E-state index contributed by atoms with van der Waals surface area (Å²) < 4.78 is 0. The van der Waals surface area contributed by atoms with Gasteiger partial charge in [-0.15, -0.1) is 24.0 Å². The van der Waals surface area contributed by atoms with Gasteiger partial charge in [0.05, 0.1) is 0 Å². The summed E-state index contributed by atoms with van der Waals surface area (Å²) in [6.07, 6.45) is 10.7. The topological polar surface area (TPSA) is 39.7 Å². The molecule has 1 saturated heterocycles. The number of unbranched alkanes of at least 4 members (excludes halogenated alkanes) is 2. The minimum Gasteiger partial charge on any atom is -0.357 e. The van der Waals surface area contributed by atoms with Crippen molar-refractivity contribution < 1.29 is 0 Å². The van der Waals surface area contributed by atoms with E-state index in [0.717, 1.165) is 25.1 Å². The molecule has 5 heteroatoms. The minimum absolute atomic E-state index is 0. The Balaban J connectivity index is 0.00000242. The van der Waals surface area contributed by atoms with Crippen LogP contribution in [0.4, 0.5) is 0 Å². The maximum atomic E-state index is 4.71. The monoisotopic (exact) mass is 422 g/mol. The second kappa shape index (κ2) is 11.5. The fraction of sp³-hybridized carbons (Fsp3) is 0.941. The minimum atomic E-state index is 0. The Morgan fingerprint density at radius 1 is 1.14 bits per heavy atom. The van der Waals surface area contributed by atoms with Crippen LogP contribution in [0.25, 0.3) is 0 Å². The Kier molecular flexibility index (Phi) is 10.4.